The summed E-state index contributed by atoms with van der Waals surface area (Å²) in [6.45, 7) is 2.76. The van der Waals surface area contributed by atoms with E-state index in [0.29, 0.717) is 25.3 Å². The predicted octanol–water partition coefficient (Wildman–Crippen LogP) is 2.35. The zero-order chi connectivity index (χ0) is 13.1. The number of nitrogens with two attached hydrogens (primary N) is 1. The summed E-state index contributed by atoms with van der Waals surface area (Å²) in [6.07, 6.45) is 1.09. The predicted molar refractivity (Wildman–Crippen MR) is 72.5 cm³/mol. The first-order valence-corrected chi connectivity index (χ1v) is 6.45. The van der Waals surface area contributed by atoms with Gasteiger partial charge in [-0.15, -0.1) is 11.6 Å². The molecule has 0 spiro atoms. The number of hydrogen-bond acceptors (Lipinski definition) is 2. The molecule has 1 aromatic carbocycles. The third-order valence-corrected chi connectivity index (χ3v) is 3.15. The van der Waals surface area contributed by atoms with Crippen molar-refractivity contribution in [2.24, 2.45) is 5.73 Å². The molecule has 0 atom stereocenters. The van der Waals surface area contributed by atoms with Gasteiger partial charge < -0.3 is 10.3 Å². The van der Waals surface area contributed by atoms with Crippen LogP contribution in [0.25, 0.3) is 11.0 Å². The second-order valence-electron chi connectivity index (χ2n) is 4.38. The van der Waals surface area contributed by atoms with E-state index in [1.54, 1.807) is 0 Å². The average Bonchev–Trinajstić information content (AvgIpc) is 2.66. The van der Waals surface area contributed by atoms with Gasteiger partial charge >= 0.3 is 0 Å². The third-order valence-electron chi connectivity index (χ3n) is 2.91. The lowest BCUT2D eigenvalue weighted by Gasteiger charge is -2.07. The maximum atomic E-state index is 10.8. The molecule has 0 fully saturated rings. The highest BCUT2D eigenvalue weighted by atomic mass is 35.5. The fourth-order valence-electron chi connectivity index (χ4n) is 2.05. The Hall–Kier alpha value is -1.55. The number of aryl methyl sites for hydroxylation is 2. The number of imidazole rings is 1. The van der Waals surface area contributed by atoms with Crippen LogP contribution in [0.1, 0.15) is 24.2 Å². The van der Waals surface area contributed by atoms with E-state index in [9.17, 15) is 4.79 Å². The molecule has 1 amide bonds. The van der Waals surface area contributed by atoms with E-state index in [1.807, 2.05) is 19.1 Å². The molecule has 0 radical (unpaired) electrons. The molecule has 0 unspecified atom stereocenters. The highest BCUT2D eigenvalue weighted by Crippen LogP contribution is 2.19. The molecular weight excluding hydrogens is 250 g/mol. The molecule has 1 heterocycles. The minimum absolute atomic E-state index is 0.275. The minimum atomic E-state index is -0.275. The van der Waals surface area contributed by atoms with E-state index >= 15 is 0 Å². The summed E-state index contributed by atoms with van der Waals surface area (Å²) >= 11 is 5.91. The molecule has 0 aliphatic carbocycles. The van der Waals surface area contributed by atoms with Crippen molar-refractivity contribution in [2.75, 3.05) is 0 Å². The van der Waals surface area contributed by atoms with Gasteiger partial charge in [0, 0.05) is 13.0 Å². The zero-order valence-corrected chi connectivity index (χ0v) is 11.1. The Balaban J connectivity index is 2.33. The number of nitrogens with zero attached hydrogens (tertiary/aromatic N) is 2. The molecule has 4 nitrogen and oxygen atoms in total. The Bertz CT molecular complexity index is 577. The molecular formula is C13H16ClN3O. The molecule has 0 saturated heterocycles. The quantitative estimate of drug-likeness (QED) is 0.844. The number of carbonyl (C=O) groups is 1. The Morgan fingerprint density at radius 1 is 1.50 bits per heavy atom. The lowest BCUT2D eigenvalue weighted by Crippen LogP contribution is -2.12. The van der Waals surface area contributed by atoms with Crippen LogP contribution in [0.3, 0.4) is 0 Å². The van der Waals surface area contributed by atoms with Crippen molar-refractivity contribution in [3.63, 3.8) is 0 Å². The molecule has 0 aliphatic rings. The van der Waals surface area contributed by atoms with E-state index < -0.39 is 0 Å². The summed E-state index contributed by atoms with van der Waals surface area (Å²) < 4.78 is 2.07. The molecule has 2 rings (SSSR count). The fourth-order valence-corrected chi connectivity index (χ4v) is 2.25. The van der Waals surface area contributed by atoms with Gasteiger partial charge in [0.05, 0.1) is 16.9 Å². The van der Waals surface area contributed by atoms with Gasteiger partial charge in [0.2, 0.25) is 5.91 Å². The number of primary amides is 1. The van der Waals surface area contributed by atoms with Crippen LogP contribution in [-0.2, 0) is 17.2 Å². The summed E-state index contributed by atoms with van der Waals surface area (Å²) in [5.74, 6) is 0.925. The fraction of sp³-hybridized carbons (Fsp3) is 0.385. The number of carbonyl (C=O) groups excluding carboxylic acids is 1. The molecule has 2 N–H and O–H groups in total. The second-order valence-corrected chi connectivity index (χ2v) is 4.64. The van der Waals surface area contributed by atoms with E-state index in [1.165, 1.54) is 5.56 Å². The second kappa shape index (κ2) is 5.40. The first kappa shape index (κ1) is 12.9. The van der Waals surface area contributed by atoms with Crippen LogP contribution in [0.2, 0.25) is 0 Å². The zero-order valence-electron chi connectivity index (χ0n) is 10.3. The number of rotatable bonds is 5. The highest BCUT2D eigenvalue weighted by Gasteiger charge is 2.10. The Morgan fingerprint density at radius 2 is 2.28 bits per heavy atom. The van der Waals surface area contributed by atoms with Crippen LogP contribution in [0.15, 0.2) is 18.2 Å². The number of fused-ring (bicyclic) bond motifs is 1. The number of benzene rings is 1. The summed E-state index contributed by atoms with van der Waals surface area (Å²) in [6, 6.07) is 6.11. The topological polar surface area (TPSA) is 60.9 Å². The molecule has 1 aromatic heterocycles. The maximum absolute atomic E-state index is 10.8. The molecule has 0 saturated carbocycles. The van der Waals surface area contributed by atoms with Gasteiger partial charge in [0.15, 0.2) is 0 Å². The molecule has 96 valence electrons. The highest BCUT2D eigenvalue weighted by molar-refractivity contribution is 6.16. The Kier molecular flexibility index (Phi) is 3.87. The maximum Gasteiger partial charge on any atom is 0.217 e. The summed E-state index contributed by atoms with van der Waals surface area (Å²) in [7, 11) is 0. The monoisotopic (exact) mass is 265 g/mol. The van der Waals surface area contributed by atoms with Crippen LogP contribution in [0.5, 0.6) is 0 Å². The van der Waals surface area contributed by atoms with E-state index in [2.05, 4.69) is 15.6 Å². The van der Waals surface area contributed by atoms with Gasteiger partial charge in [0.1, 0.15) is 5.82 Å². The standard InChI is InChI=1S/C13H16ClN3O/c1-9-4-5-10-11(7-9)17(13(8-14)16-10)6-2-3-12(15)18/h4-5,7H,2-3,6,8H2,1H3,(H2,15,18). The van der Waals surface area contributed by atoms with Crippen molar-refractivity contribution in [3.8, 4) is 0 Å². The van der Waals surface area contributed by atoms with E-state index in [-0.39, 0.29) is 5.91 Å². The van der Waals surface area contributed by atoms with Crippen molar-refractivity contribution in [1.29, 1.82) is 0 Å². The number of aromatic nitrogens is 2. The number of amides is 1. The summed E-state index contributed by atoms with van der Waals surface area (Å²) in [5, 5.41) is 0. The summed E-state index contributed by atoms with van der Waals surface area (Å²) in [4.78, 5) is 15.3. The van der Waals surface area contributed by atoms with E-state index in [0.717, 1.165) is 16.9 Å². The lowest BCUT2D eigenvalue weighted by molar-refractivity contribution is -0.118. The lowest BCUT2D eigenvalue weighted by atomic mass is 10.2. The SMILES string of the molecule is Cc1ccc2nc(CCl)n(CCCC(N)=O)c2c1. The number of hydrogen-bond donors (Lipinski definition) is 1. The molecule has 2 aromatic rings. The van der Waals surface area contributed by atoms with Crippen LogP contribution in [0.4, 0.5) is 0 Å². The van der Waals surface area contributed by atoms with Crippen LogP contribution in [0, 0.1) is 6.92 Å². The van der Waals surface area contributed by atoms with Gasteiger partial charge in [-0.2, -0.15) is 0 Å². The average molecular weight is 266 g/mol. The molecule has 0 aliphatic heterocycles. The summed E-state index contributed by atoms with van der Waals surface area (Å²) in [5.41, 5.74) is 8.33. The van der Waals surface area contributed by atoms with Crippen molar-refractivity contribution >= 4 is 28.5 Å². The Labute approximate surface area is 111 Å². The Morgan fingerprint density at radius 3 is 2.94 bits per heavy atom. The van der Waals surface area contributed by atoms with Gasteiger partial charge in [-0.1, -0.05) is 6.07 Å². The smallest absolute Gasteiger partial charge is 0.217 e. The number of halogens is 1. The first-order valence-electron chi connectivity index (χ1n) is 5.92. The van der Waals surface area contributed by atoms with Crippen molar-refractivity contribution in [2.45, 2.75) is 32.2 Å². The van der Waals surface area contributed by atoms with Gasteiger partial charge in [-0.3, -0.25) is 4.79 Å². The molecule has 5 heteroatoms. The van der Waals surface area contributed by atoms with Gasteiger partial charge in [-0.05, 0) is 31.0 Å². The van der Waals surface area contributed by atoms with Gasteiger partial charge in [0.25, 0.3) is 0 Å². The third kappa shape index (κ3) is 2.64. The minimum Gasteiger partial charge on any atom is -0.370 e. The molecule has 18 heavy (non-hydrogen) atoms. The van der Waals surface area contributed by atoms with Crippen LogP contribution >= 0.6 is 11.6 Å². The van der Waals surface area contributed by atoms with Crippen molar-refractivity contribution < 1.29 is 4.79 Å². The van der Waals surface area contributed by atoms with Crippen molar-refractivity contribution in [3.05, 3.63) is 29.6 Å². The largest absolute Gasteiger partial charge is 0.370 e. The van der Waals surface area contributed by atoms with Crippen molar-refractivity contribution in [1.82, 2.24) is 9.55 Å². The van der Waals surface area contributed by atoms with Gasteiger partial charge in [-0.25, -0.2) is 4.98 Å². The number of alkyl halides is 1. The van der Waals surface area contributed by atoms with E-state index in [4.69, 9.17) is 17.3 Å². The molecule has 0 bridgehead atoms. The normalized spacial score (nSPS) is 11.0. The van der Waals surface area contributed by atoms with Crippen LogP contribution < -0.4 is 5.73 Å². The van der Waals surface area contributed by atoms with Crippen LogP contribution in [-0.4, -0.2) is 15.5 Å². The first-order chi connectivity index (χ1) is 8.61.